The van der Waals surface area contributed by atoms with Crippen LogP contribution in [0.25, 0.3) is 0 Å². The molecule has 2 aromatic carbocycles. The molecule has 8 nitrogen and oxygen atoms in total. The molecule has 2 unspecified atom stereocenters. The highest BCUT2D eigenvalue weighted by Crippen LogP contribution is 2.58. The smallest absolute Gasteiger partial charge is 0.329 e. The number of carboxylic acid groups (broad SMARTS) is 1. The van der Waals surface area contributed by atoms with Crippen LogP contribution in [0.15, 0.2) is 48.7 Å². The maximum Gasteiger partial charge on any atom is 0.329 e. The number of carbonyl (C=O) groups is 1. The zero-order valence-corrected chi connectivity index (χ0v) is 31.3. The first kappa shape index (κ1) is 35.9. The van der Waals surface area contributed by atoms with Gasteiger partial charge < -0.3 is 29.5 Å². The summed E-state index contributed by atoms with van der Waals surface area (Å²) in [6.45, 7) is 10.8. The summed E-state index contributed by atoms with van der Waals surface area (Å²) in [4.78, 5) is 20.1. The molecule has 274 valence electrons. The Bertz CT molecular complexity index is 1700. The molecule has 1 saturated carbocycles. The first-order valence-electron chi connectivity index (χ1n) is 19.3. The molecule has 51 heavy (non-hydrogen) atoms. The zero-order valence-electron chi connectivity index (χ0n) is 30.5. The topological polar surface area (TPSA) is 93.2 Å². The average Bonchev–Trinajstić information content (AvgIpc) is 3.25. The molecule has 0 amide bonds. The lowest BCUT2D eigenvalue weighted by atomic mass is 9.59. The van der Waals surface area contributed by atoms with Gasteiger partial charge in [-0.05, 0) is 142 Å². The number of nitrogens with zero attached hydrogens (tertiary/aromatic N) is 2. The fourth-order valence-corrected chi connectivity index (χ4v) is 9.61. The summed E-state index contributed by atoms with van der Waals surface area (Å²) in [5.74, 6) is 2.50. The lowest BCUT2D eigenvalue weighted by molar-refractivity contribution is -0.144. The number of aromatic nitrogens is 1. The lowest BCUT2D eigenvalue weighted by Gasteiger charge is -2.47. The van der Waals surface area contributed by atoms with Crippen molar-refractivity contribution in [3.8, 4) is 17.2 Å². The van der Waals surface area contributed by atoms with E-state index in [0.717, 1.165) is 87.5 Å². The Hall–Kier alpha value is -3.49. The second-order valence-corrected chi connectivity index (χ2v) is 15.9. The van der Waals surface area contributed by atoms with Crippen LogP contribution < -0.4 is 19.5 Å². The Balaban J connectivity index is 1.16. The van der Waals surface area contributed by atoms with Gasteiger partial charge in [0.15, 0.2) is 11.5 Å². The van der Waals surface area contributed by atoms with Crippen molar-refractivity contribution in [2.45, 2.75) is 108 Å². The number of fused-ring (bicyclic) bond motifs is 4. The third kappa shape index (κ3) is 7.41. The molecule has 3 atom stereocenters. The van der Waals surface area contributed by atoms with Crippen molar-refractivity contribution in [2.24, 2.45) is 11.8 Å². The quantitative estimate of drug-likeness (QED) is 0.193. The standard InChI is InChI=1S/C42H54ClN3O5/c1-4-46(5-2)26-33-14-20-49-38-23-29-22-30(21-28(3)27-50-37-13-19-44-36-12-7-6-11-34(36)37)41(35(29)25-39(38)51-33)15-17-42(18-16-41,40(47)48)45-32-10-8-9-31(43)24-32/h8-10,13,19,23-25,28,30,33,45H,4-7,11-12,14-18,20-22,26-27H2,1-3H3,(H,47,48)/t28-,30?,33?,41?,42?/m1/s1. The molecule has 1 aromatic heterocycles. The molecular weight excluding hydrogens is 662 g/mol. The highest BCUT2D eigenvalue weighted by atomic mass is 35.5. The summed E-state index contributed by atoms with van der Waals surface area (Å²) < 4.78 is 19.7. The van der Waals surface area contributed by atoms with Crippen molar-refractivity contribution in [2.75, 3.05) is 38.2 Å². The van der Waals surface area contributed by atoms with Crippen LogP contribution in [0.2, 0.25) is 5.02 Å². The Morgan fingerprint density at radius 2 is 1.90 bits per heavy atom. The first-order valence-corrected chi connectivity index (χ1v) is 19.7. The monoisotopic (exact) mass is 715 g/mol. The van der Waals surface area contributed by atoms with Gasteiger partial charge in [-0.15, -0.1) is 0 Å². The molecule has 3 aliphatic carbocycles. The van der Waals surface area contributed by atoms with Crippen LogP contribution in [0.1, 0.15) is 94.5 Å². The molecule has 0 radical (unpaired) electrons. The Morgan fingerprint density at radius 3 is 2.67 bits per heavy atom. The van der Waals surface area contributed by atoms with E-state index in [-0.39, 0.29) is 11.5 Å². The number of aryl methyl sites for hydroxylation is 1. The number of anilines is 1. The van der Waals surface area contributed by atoms with Crippen LogP contribution in [-0.4, -0.2) is 65.5 Å². The first-order chi connectivity index (χ1) is 24.7. The maximum absolute atomic E-state index is 13.0. The van der Waals surface area contributed by atoms with Crippen molar-refractivity contribution >= 4 is 23.3 Å². The predicted octanol–water partition coefficient (Wildman–Crippen LogP) is 8.51. The van der Waals surface area contributed by atoms with E-state index in [1.54, 1.807) is 0 Å². The number of benzene rings is 2. The van der Waals surface area contributed by atoms with E-state index in [1.807, 2.05) is 36.5 Å². The summed E-state index contributed by atoms with van der Waals surface area (Å²) in [6.07, 6.45) is 11.7. The van der Waals surface area contributed by atoms with Crippen molar-refractivity contribution in [1.29, 1.82) is 0 Å². The Kier molecular flexibility index (Phi) is 10.7. The molecule has 2 heterocycles. The normalized spacial score (nSPS) is 25.9. The average molecular weight is 716 g/mol. The summed E-state index contributed by atoms with van der Waals surface area (Å²) >= 11 is 6.31. The van der Waals surface area contributed by atoms with E-state index in [2.05, 4.69) is 48.1 Å². The minimum Gasteiger partial charge on any atom is -0.493 e. The number of likely N-dealkylation sites (N-methyl/N-ethyl adjacent to an activating group) is 1. The maximum atomic E-state index is 13.0. The number of nitrogens with one attached hydrogen (secondary N) is 1. The van der Waals surface area contributed by atoms with E-state index in [0.29, 0.717) is 42.9 Å². The number of ether oxygens (including phenoxy) is 3. The number of aliphatic carboxylic acids is 1. The van der Waals surface area contributed by atoms with Crippen molar-refractivity contribution in [1.82, 2.24) is 9.88 Å². The van der Waals surface area contributed by atoms with Gasteiger partial charge in [-0.3, -0.25) is 4.98 Å². The Morgan fingerprint density at radius 1 is 1.10 bits per heavy atom. The second-order valence-electron chi connectivity index (χ2n) is 15.5. The largest absolute Gasteiger partial charge is 0.493 e. The molecule has 3 aromatic rings. The van der Waals surface area contributed by atoms with Gasteiger partial charge in [0.25, 0.3) is 0 Å². The molecule has 2 N–H and O–H groups in total. The molecular formula is C42H54ClN3O5. The van der Waals surface area contributed by atoms with Crippen molar-refractivity contribution < 1.29 is 24.1 Å². The molecule has 0 saturated heterocycles. The molecule has 1 fully saturated rings. The van der Waals surface area contributed by atoms with E-state index in [9.17, 15) is 9.90 Å². The van der Waals surface area contributed by atoms with Gasteiger partial charge >= 0.3 is 5.97 Å². The zero-order chi connectivity index (χ0) is 35.6. The summed E-state index contributed by atoms with van der Waals surface area (Å²) in [5, 5.41) is 14.7. The van der Waals surface area contributed by atoms with E-state index >= 15 is 0 Å². The second kappa shape index (κ2) is 15.2. The van der Waals surface area contributed by atoms with Crippen LogP contribution in [0.5, 0.6) is 17.2 Å². The van der Waals surface area contributed by atoms with Crippen LogP contribution in [0, 0.1) is 11.8 Å². The number of pyridine rings is 1. The fraction of sp³-hybridized carbons (Fsp3) is 0.571. The number of halogens is 1. The van der Waals surface area contributed by atoms with Gasteiger partial charge in [-0.1, -0.05) is 38.4 Å². The fourth-order valence-electron chi connectivity index (χ4n) is 9.42. The highest BCUT2D eigenvalue weighted by molar-refractivity contribution is 6.30. The number of rotatable bonds is 12. The van der Waals surface area contributed by atoms with E-state index in [4.69, 9.17) is 25.8 Å². The van der Waals surface area contributed by atoms with Crippen molar-refractivity contribution in [3.05, 3.63) is 76.1 Å². The number of carboxylic acids is 1. The molecule has 7 rings (SSSR count). The van der Waals surface area contributed by atoms with Crippen molar-refractivity contribution in [3.63, 3.8) is 0 Å². The minimum atomic E-state index is -1.07. The van der Waals surface area contributed by atoms with Gasteiger partial charge in [0, 0.05) is 41.1 Å². The SMILES string of the molecule is CCN(CC)CC1CCOc2cc3c(cc2O1)C1(CCC(Nc2cccc(Cl)c2)(C(=O)O)CC1)C(C[C@@H](C)COc1ccnc2c1CCCC2)C3. The number of hydrogen-bond acceptors (Lipinski definition) is 7. The van der Waals surface area contributed by atoms with Gasteiger partial charge in [0.2, 0.25) is 0 Å². The minimum absolute atomic E-state index is 0.0568. The van der Waals surface area contributed by atoms with Crippen LogP contribution >= 0.6 is 11.6 Å². The molecule has 9 heteroatoms. The number of hydrogen-bond donors (Lipinski definition) is 2. The van der Waals surface area contributed by atoms with Crippen LogP contribution in [0.4, 0.5) is 5.69 Å². The molecule has 1 spiro atoms. The van der Waals surface area contributed by atoms with E-state index in [1.165, 1.54) is 35.2 Å². The van der Waals surface area contributed by atoms with E-state index < -0.39 is 11.5 Å². The highest BCUT2D eigenvalue weighted by Gasteiger charge is 2.54. The molecule has 4 aliphatic rings. The predicted molar refractivity (Wildman–Crippen MR) is 202 cm³/mol. The van der Waals surface area contributed by atoms with Gasteiger partial charge in [0.05, 0.1) is 13.2 Å². The van der Waals surface area contributed by atoms with Crippen LogP contribution in [0.3, 0.4) is 0 Å². The molecule has 1 aliphatic heterocycles. The van der Waals surface area contributed by atoms with Gasteiger partial charge in [0.1, 0.15) is 17.4 Å². The third-order valence-electron chi connectivity index (χ3n) is 12.3. The summed E-state index contributed by atoms with van der Waals surface area (Å²) in [5.41, 5.74) is 4.60. The molecule has 0 bridgehead atoms. The Labute approximate surface area is 308 Å². The third-order valence-corrected chi connectivity index (χ3v) is 12.6. The lowest BCUT2D eigenvalue weighted by Crippen LogP contribution is -2.53. The van der Waals surface area contributed by atoms with Gasteiger partial charge in [-0.2, -0.15) is 0 Å². The van der Waals surface area contributed by atoms with Crippen LogP contribution in [-0.2, 0) is 29.5 Å². The summed E-state index contributed by atoms with van der Waals surface area (Å²) in [6, 6.07) is 13.9. The summed E-state index contributed by atoms with van der Waals surface area (Å²) in [7, 11) is 0. The van der Waals surface area contributed by atoms with Gasteiger partial charge in [-0.25, -0.2) is 4.79 Å².